The number of rotatable bonds is 9. The quantitative estimate of drug-likeness (QED) is 0.330. The van der Waals surface area contributed by atoms with Gasteiger partial charge in [0.1, 0.15) is 5.82 Å². The number of aliphatic hydroxyl groups excluding tert-OH is 1. The van der Waals surface area contributed by atoms with Crippen LogP contribution < -0.4 is 10.9 Å². The van der Waals surface area contributed by atoms with Gasteiger partial charge in [0.25, 0.3) is 5.56 Å². The molecule has 1 aromatic heterocycles. The van der Waals surface area contributed by atoms with Crippen molar-refractivity contribution in [2.24, 2.45) is 0 Å². The molecule has 1 amide bonds. The van der Waals surface area contributed by atoms with Crippen LogP contribution in [0.2, 0.25) is 0 Å². The Morgan fingerprint density at radius 1 is 1.16 bits per heavy atom. The zero-order valence-corrected chi connectivity index (χ0v) is 21.4. The largest absolute Gasteiger partial charge is 0.387 e. The van der Waals surface area contributed by atoms with Gasteiger partial charge in [0.05, 0.1) is 29.6 Å². The second-order valence-electron chi connectivity index (χ2n) is 9.55. The van der Waals surface area contributed by atoms with Crippen LogP contribution in [0.4, 0.5) is 4.39 Å². The number of nitrogens with zero attached hydrogens (tertiary/aromatic N) is 3. The van der Waals surface area contributed by atoms with Gasteiger partial charge in [-0.05, 0) is 42.7 Å². The molecule has 2 N–H and O–H groups in total. The van der Waals surface area contributed by atoms with E-state index in [1.165, 1.54) is 18.6 Å². The third-order valence-electron chi connectivity index (χ3n) is 7.00. The van der Waals surface area contributed by atoms with Gasteiger partial charge in [-0.15, -0.1) is 0 Å². The van der Waals surface area contributed by atoms with Crippen molar-refractivity contribution in [1.82, 2.24) is 19.8 Å². The Hall–Kier alpha value is -3.01. The lowest BCUT2D eigenvalue weighted by molar-refractivity contribution is -0.132. The van der Waals surface area contributed by atoms with E-state index in [0.29, 0.717) is 35.9 Å². The Morgan fingerprint density at radius 3 is 2.62 bits per heavy atom. The maximum absolute atomic E-state index is 13.7. The van der Waals surface area contributed by atoms with Crippen molar-refractivity contribution in [1.29, 1.82) is 0 Å². The van der Waals surface area contributed by atoms with Crippen molar-refractivity contribution >= 4 is 17.7 Å². The normalized spacial score (nSPS) is 16.2. The molecular formula is C28H31FN4O3S. The lowest BCUT2D eigenvalue weighted by Gasteiger charge is -2.30. The molecule has 1 fully saturated rings. The van der Waals surface area contributed by atoms with Gasteiger partial charge in [-0.3, -0.25) is 14.2 Å². The average Bonchev–Trinajstić information content (AvgIpc) is 2.89. The number of aliphatic hydroxyl groups is 1. The van der Waals surface area contributed by atoms with Crippen LogP contribution in [0.15, 0.2) is 64.5 Å². The Morgan fingerprint density at radius 2 is 1.92 bits per heavy atom. The molecule has 2 heterocycles. The molecule has 1 aliphatic carbocycles. The van der Waals surface area contributed by atoms with Gasteiger partial charge in [-0.25, -0.2) is 9.37 Å². The predicted molar refractivity (Wildman–Crippen MR) is 141 cm³/mol. The van der Waals surface area contributed by atoms with Gasteiger partial charge >= 0.3 is 0 Å². The van der Waals surface area contributed by atoms with Gasteiger partial charge in [0, 0.05) is 37.7 Å². The first-order chi connectivity index (χ1) is 18.0. The van der Waals surface area contributed by atoms with Gasteiger partial charge in [-0.1, -0.05) is 48.5 Å². The standard InChI is InChI=1S/C28H31FN4O3S/c29-20-11-9-19(10-12-20)25(34)17-30-15-13-26(35)32-16-14-24-23(18-32)27(36)33(21-5-2-1-3-6-21)28(31-24)37-22-7-4-8-22/h1-3,5-6,9-12,22,25,30,34H,4,7-8,13-18H2/t25-/m1/s1. The Bertz CT molecular complexity index is 1300. The van der Waals surface area contributed by atoms with Gasteiger partial charge < -0.3 is 15.3 Å². The van der Waals surface area contributed by atoms with E-state index in [4.69, 9.17) is 4.98 Å². The molecule has 0 unspecified atom stereocenters. The number of nitrogens with one attached hydrogen (secondary N) is 1. The fourth-order valence-corrected chi connectivity index (χ4v) is 5.91. The van der Waals surface area contributed by atoms with Crippen molar-refractivity contribution in [3.05, 3.63) is 87.6 Å². The highest BCUT2D eigenvalue weighted by molar-refractivity contribution is 7.99. The number of carbonyl (C=O) groups excluding carboxylic acids is 1. The maximum atomic E-state index is 13.7. The van der Waals surface area contributed by atoms with Crippen LogP contribution in [0.1, 0.15) is 48.6 Å². The number of halogens is 1. The molecule has 37 heavy (non-hydrogen) atoms. The first-order valence-electron chi connectivity index (χ1n) is 12.8. The number of thioether (sulfide) groups is 1. The summed E-state index contributed by atoms with van der Waals surface area (Å²) < 4.78 is 14.8. The van der Waals surface area contributed by atoms with Crippen LogP contribution in [0.3, 0.4) is 0 Å². The third-order valence-corrected chi connectivity index (χ3v) is 8.29. The van der Waals surface area contributed by atoms with Gasteiger partial charge in [0.15, 0.2) is 5.16 Å². The van der Waals surface area contributed by atoms with E-state index in [1.54, 1.807) is 33.4 Å². The summed E-state index contributed by atoms with van der Waals surface area (Å²) in [5.41, 5.74) is 2.68. The van der Waals surface area contributed by atoms with Gasteiger partial charge in [0.2, 0.25) is 5.91 Å². The van der Waals surface area contributed by atoms with Crippen LogP contribution in [0, 0.1) is 5.82 Å². The van der Waals surface area contributed by atoms with Crippen molar-refractivity contribution in [3.8, 4) is 5.69 Å². The van der Waals surface area contributed by atoms with Crippen LogP contribution in [-0.2, 0) is 17.8 Å². The van der Waals surface area contributed by atoms with Gasteiger partial charge in [-0.2, -0.15) is 0 Å². The Balaban J connectivity index is 1.24. The number of fused-ring (bicyclic) bond motifs is 1. The number of para-hydroxylation sites is 1. The van der Waals surface area contributed by atoms with Crippen LogP contribution in [0.5, 0.6) is 0 Å². The SMILES string of the molecule is O=C(CCNC[C@@H](O)c1ccc(F)cc1)N1CCc2nc(SC3CCC3)n(-c3ccccc3)c(=O)c2C1. The maximum Gasteiger partial charge on any atom is 0.264 e. The number of hydrogen-bond acceptors (Lipinski definition) is 6. The first kappa shape index (κ1) is 25.6. The summed E-state index contributed by atoms with van der Waals surface area (Å²) in [6.45, 7) is 1.43. The molecule has 2 aromatic carbocycles. The predicted octanol–water partition coefficient (Wildman–Crippen LogP) is 3.61. The van der Waals surface area contributed by atoms with E-state index in [2.05, 4.69) is 5.32 Å². The highest BCUT2D eigenvalue weighted by atomic mass is 32.2. The van der Waals surface area contributed by atoms with E-state index in [1.807, 2.05) is 30.3 Å². The molecule has 0 spiro atoms. The fraction of sp³-hybridized carbons (Fsp3) is 0.393. The van der Waals surface area contributed by atoms with E-state index in [9.17, 15) is 19.1 Å². The van der Waals surface area contributed by atoms with Crippen LogP contribution >= 0.6 is 11.8 Å². The molecule has 0 bridgehead atoms. The summed E-state index contributed by atoms with van der Waals surface area (Å²) in [4.78, 5) is 33.3. The molecule has 1 atom stereocenters. The lowest BCUT2D eigenvalue weighted by Crippen LogP contribution is -2.42. The zero-order chi connectivity index (χ0) is 25.8. The highest BCUT2D eigenvalue weighted by Gasteiger charge is 2.28. The second-order valence-corrected chi connectivity index (χ2v) is 10.8. The molecule has 1 saturated carbocycles. The zero-order valence-electron chi connectivity index (χ0n) is 20.6. The number of aromatic nitrogens is 2. The number of benzene rings is 2. The number of carbonyl (C=O) groups is 1. The Labute approximate surface area is 219 Å². The summed E-state index contributed by atoms with van der Waals surface area (Å²) in [5, 5.41) is 14.6. The van der Waals surface area contributed by atoms with E-state index in [-0.39, 0.29) is 36.8 Å². The first-order valence-corrected chi connectivity index (χ1v) is 13.7. The molecule has 194 valence electrons. The third kappa shape index (κ3) is 5.95. The summed E-state index contributed by atoms with van der Waals surface area (Å²) in [7, 11) is 0. The summed E-state index contributed by atoms with van der Waals surface area (Å²) in [6.07, 6.45) is 3.53. The molecule has 3 aromatic rings. The lowest BCUT2D eigenvalue weighted by atomic mass is 10.0. The topological polar surface area (TPSA) is 87.5 Å². The smallest absolute Gasteiger partial charge is 0.264 e. The number of amides is 1. The van der Waals surface area contributed by atoms with E-state index >= 15 is 0 Å². The highest BCUT2D eigenvalue weighted by Crippen LogP contribution is 2.36. The molecular weight excluding hydrogens is 491 g/mol. The minimum absolute atomic E-state index is 0.0481. The summed E-state index contributed by atoms with van der Waals surface area (Å²) in [5.74, 6) is -0.398. The minimum Gasteiger partial charge on any atom is -0.387 e. The van der Waals surface area contributed by atoms with Crippen molar-refractivity contribution in [3.63, 3.8) is 0 Å². The molecule has 5 rings (SSSR count). The summed E-state index contributed by atoms with van der Waals surface area (Å²) >= 11 is 1.68. The Kier molecular flexibility index (Phi) is 8.02. The molecule has 0 saturated heterocycles. The van der Waals surface area contributed by atoms with Crippen molar-refractivity contribution in [2.75, 3.05) is 19.6 Å². The summed E-state index contributed by atoms with van der Waals surface area (Å²) in [6, 6.07) is 15.3. The monoisotopic (exact) mass is 522 g/mol. The van der Waals surface area contributed by atoms with Crippen LogP contribution in [0.25, 0.3) is 5.69 Å². The van der Waals surface area contributed by atoms with Crippen LogP contribution in [-0.4, -0.2) is 50.3 Å². The fourth-order valence-electron chi connectivity index (χ4n) is 4.58. The molecule has 7 nitrogen and oxygen atoms in total. The van der Waals surface area contributed by atoms with Crippen molar-refractivity contribution < 1.29 is 14.3 Å². The minimum atomic E-state index is -0.785. The molecule has 1 aliphatic heterocycles. The molecule has 9 heteroatoms. The number of hydrogen-bond donors (Lipinski definition) is 2. The molecule has 2 aliphatic rings. The van der Waals surface area contributed by atoms with E-state index < -0.39 is 6.10 Å². The average molecular weight is 523 g/mol. The van der Waals surface area contributed by atoms with E-state index in [0.717, 1.165) is 29.4 Å². The molecule has 0 radical (unpaired) electrons. The van der Waals surface area contributed by atoms with Crippen molar-refractivity contribution in [2.45, 2.75) is 55.2 Å². The second kappa shape index (κ2) is 11.6.